The van der Waals surface area contributed by atoms with Crippen molar-refractivity contribution in [3.63, 3.8) is 0 Å². The van der Waals surface area contributed by atoms with E-state index in [4.69, 9.17) is 0 Å². The van der Waals surface area contributed by atoms with Gasteiger partial charge in [0.25, 0.3) is 5.91 Å². The lowest BCUT2D eigenvalue weighted by Crippen LogP contribution is -2.51. The number of fused-ring (bicyclic) bond motifs is 2. The van der Waals surface area contributed by atoms with Crippen LogP contribution in [0.25, 0.3) is 0 Å². The molecule has 2 fully saturated rings. The summed E-state index contributed by atoms with van der Waals surface area (Å²) in [5.74, 6) is -0.0619. The summed E-state index contributed by atoms with van der Waals surface area (Å²) in [5, 5.41) is 15.6. The van der Waals surface area contributed by atoms with Gasteiger partial charge >= 0.3 is 6.09 Å². The molecular weight excluding hydrogens is 294 g/mol. The molecule has 1 aromatic carbocycles. The molecule has 2 aliphatic heterocycles. The lowest BCUT2D eigenvalue weighted by molar-refractivity contribution is 0.0905. The Balaban J connectivity index is 1.39. The molecular formula is C17H23N3O3. The molecule has 0 saturated carbocycles. The second-order valence-electron chi connectivity index (χ2n) is 6.32. The molecule has 6 heteroatoms. The fourth-order valence-corrected chi connectivity index (χ4v) is 3.80. The fraction of sp³-hybridized carbons (Fsp3) is 0.529. The van der Waals surface area contributed by atoms with Crippen molar-refractivity contribution < 1.29 is 14.7 Å². The number of nitrogens with one attached hydrogen (secondary N) is 2. The first-order valence-electron chi connectivity index (χ1n) is 8.23. The first kappa shape index (κ1) is 15.8. The second kappa shape index (κ2) is 7.00. The van der Waals surface area contributed by atoms with E-state index < -0.39 is 6.09 Å². The highest BCUT2D eigenvalue weighted by atomic mass is 16.4. The minimum absolute atomic E-state index is 0.0619. The number of hydrogen-bond donors (Lipinski definition) is 3. The van der Waals surface area contributed by atoms with Crippen LogP contribution >= 0.6 is 0 Å². The molecule has 0 aromatic heterocycles. The first-order valence-corrected chi connectivity index (χ1v) is 8.23. The van der Waals surface area contributed by atoms with Gasteiger partial charge in [-0.2, -0.15) is 0 Å². The number of carbonyl (C=O) groups excluding carboxylic acids is 1. The normalized spacial score (nSPS) is 26.1. The number of benzene rings is 1. The van der Waals surface area contributed by atoms with Crippen LogP contribution in [-0.4, -0.2) is 53.2 Å². The summed E-state index contributed by atoms with van der Waals surface area (Å²) in [5.41, 5.74) is 0.667. The Morgan fingerprint density at radius 3 is 2.35 bits per heavy atom. The van der Waals surface area contributed by atoms with Crippen LogP contribution in [0, 0.1) is 0 Å². The Kier molecular flexibility index (Phi) is 4.81. The Hall–Kier alpha value is -2.08. The van der Waals surface area contributed by atoms with E-state index in [2.05, 4.69) is 10.6 Å². The third-order valence-electron chi connectivity index (χ3n) is 4.83. The minimum atomic E-state index is -0.786. The van der Waals surface area contributed by atoms with Crippen LogP contribution in [0.3, 0.4) is 0 Å². The second-order valence-corrected chi connectivity index (χ2v) is 6.32. The first-order chi connectivity index (χ1) is 11.1. The van der Waals surface area contributed by atoms with E-state index >= 15 is 0 Å². The molecule has 2 bridgehead atoms. The van der Waals surface area contributed by atoms with Gasteiger partial charge < -0.3 is 20.6 Å². The van der Waals surface area contributed by atoms with E-state index in [1.165, 1.54) is 0 Å². The quantitative estimate of drug-likeness (QED) is 0.722. The number of amides is 2. The molecule has 23 heavy (non-hydrogen) atoms. The van der Waals surface area contributed by atoms with Gasteiger partial charge in [0.2, 0.25) is 0 Å². The highest BCUT2D eigenvalue weighted by molar-refractivity contribution is 5.94. The smallest absolute Gasteiger partial charge is 0.407 e. The van der Waals surface area contributed by atoms with Gasteiger partial charge in [0, 0.05) is 36.8 Å². The maximum absolute atomic E-state index is 11.9. The van der Waals surface area contributed by atoms with Crippen molar-refractivity contribution in [2.75, 3.05) is 13.1 Å². The number of nitrogens with zero attached hydrogens (tertiary/aromatic N) is 1. The van der Waals surface area contributed by atoms with Gasteiger partial charge in [-0.3, -0.25) is 4.79 Å². The molecule has 2 aliphatic rings. The SMILES string of the molecule is O=C(NCCNC1CC2CCC(C1)N2C(=O)O)c1ccccc1. The molecule has 3 rings (SSSR count). The van der Waals surface area contributed by atoms with Crippen molar-refractivity contribution in [1.29, 1.82) is 0 Å². The van der Waals surface area contributed by atoms with E-state index in [1.807, 2.05) is 18.2 Å². The molecule has 6 nitrogen and oxygen atoms in total. The minimum Gasteiger partial charge on any atom is -0.465 e. The van der Waals surface area contributed by atoms with Crippen LogP contribution in [0.4, 0.5) is 4.79 Å². The lowest BCUT2D eigenvalue weighted by Gasteiger charge is -2.37. The zero-order valence-corrected chi connectivity index (χ0v) is 13.1. The Bertz CT molecular complexity index is 549. The molecule has 0 spiro atoms. The van der Waals surface area contributed by atoms with Crippen LogP contribution in [-0.2, 0) is 0 Å². The van der Waals surface area contributed by atoms with Crippen LogP contribution < -0.4 is 10.6 Å². The summed E-state index contributed by atoms with van der Waals surface area (Å²) < 4.78 is 0. The third-order valence-corrected chi connectivity index (χ3v) is 4.83. The van der Waals surface area contributed by atoms with Crippen LogP contribution in [0.2, 0.25) is 0 Å². The summed E-state index contributed by atoms with van der Waals surface area (Å²) in [4.78, 5) is 24.8. The Labute approximate surface area is 135 Å². The highest BCUT2D eigenvalue weighted by Crippen LogP contribution is 2.35. The van der Waals surface area contributed by atoms with Gasteiger partial charge in [0.05, 0.1) is 0 Å². The van der Waals surface area contributed by atoms with Gasteiger partial charge in [-0.25, -0.2) is 4.79 Å². The molecule has 2 saturated heterocycles. The average Bonchev–Trinajstić information content (AvgIpc) is 2.84. The standard InChI is InChI=1S/C17H23N3O3/c21-16(12-4-2-1-3-5-12)19-9-8-18-13-10-14-6-7-15(11-13)20(14)17(22)23/h1-5,13-15,18H,6-11H2,(H,19,21)(H,22,23). The van der Waals surface area contributed by atoms with E-state index in [9.17, 15) is 14.7 Å². The van der Waals surface area contributed by atoms with Crippen molar-refractivity contribution in [2.45, 2.75) is 43.8 Å². The van der Waals surface area contributed by atoms with Gasteiger partial charge in [-0.15, -0.1) is 0 Å². The maximum Gasteiger partial charge on any atom is 0.407 e. The predicted octanol–water partition coefficient (Wildman–Crippen LogP) is 1.68. The fourth-order valence-electron chi connectivity index (χ4n) is 3.80. The lowest BCUT2D eigenvalue weighted by atomic mass is 9.98. The third kappa shape index (κ3) is 3.64. The van der Waals surface area contributed by atoms with E-state index in [-0.39, 0.29) is 18.0 Å². The summed E-state index contributed by atoms with van der Waals surface area (Å²) >= 11 is 0. The average molecular weight is 317 g/mol. The summed E-state index contributed by atoms with van der Waals surface area (Å²) in [6, 6.07) is 9.82. The van der Waals surface area contributed by atoms with Crippen molar-refractivity contribution in [3.8, 4) is 0 Å². The molecule has 0 radical (unpaired) electrons. The molecule has 124 valence electrons. The predicted molar refractivity (Wildman–Crippen MR) is 86.5 cm³/mol. The van der Waals surface area contributed by atoms with Gasteiger partial charge in [-0.1, -0.05) is 18.2 Å². The highest BCUT2D eigenvalue weighted by Gasteiger charge is 2.43. The zero-order chi connectivity index (χ0) is 16.2. The van der Waals surface area contributed by atoms with Gasteiger partial charge in [0.15, 0.2) is 0 Å². The van der Waals surface area contributed by atoms with Crippen molar-refractivity contribution >= 4 is 12.0 Å². The largest absolute Gasteiger partial charge is 0.465 e. The number of hydrogen-bond acceptors (Lipinski definition) is 3. The molecule has 1 aromatic rings. The number of piperidine rings is 1. The molecule has 2 unspecified atom stereocenters. The maximum atomic E-state index is 11.9. The topological polar surface area (TPSA) is 81.7 Å². The molecule has 2 heterocycles. The zero-order valence-electron chi connectivity index (χ0n) is 13.1. The van der Waals surface area contributed by atoms with E-state index in [0.717, 1.165) is 25.7 Å². The monoisotopic (exact) mass is 317 g/mol. The van der Waals surface area contributed by atoms with Gasteiger partial charge in [0.1, 0.15) is 0 Å². The van der Waals surface area contributed by atoms with Crippen molar-refractivity contribution in [1.82, 2.24) is 15.5 Å². The van der Waals surface area contributed by atoms with Crippen molar-refractivity contribution in [2.24, 2.45) is 0 Å². The van der Waals surface area contributed by atoms with Crippen LogP contribution in [0.15, 0.2) is 30.3 Å². The summed E-state index contributed by atoms with van der Waals surface area (Å²) in [6.45, 7) is 1.28. The van der Waals surface area contributed by atoms with E-state index in [1.54, 1.807) is 17.0 Å². The van der Waals surface area contributed by atoms with Gasteiger partial charge in [-0.05, 0) is 37.8 Å². The summed E-state index contributed by atoms with van der Waals surface area (Å²) in [7, 11) is 0. The molecule has 2 amide bonds. The van der Waals surface area contributed by atoms with E-state index in [0.29, 0.717) is 24.7 Å². The molecule has 3 N–H and O–H groups in total. The summed E-state index contributed by atoms with van der Waals surface area (Å²) in [6.07, 6.45) is 2.90. The number of carboxylic acid groups (broad SMARTS) is 1. The Morgan fingerprint density at radius 1 is 1.09 bits per heavy atom. The van der Waals surface area contributed by atoms with Crippen molar-refractivity contribution in [3.05, 3.63) is 35.9 Å². The van der Waals surface area contributed by atoms with Crippen LogP contribution in [0.1, 0.15) is 36.0 Å². The van der Waals surface area contributed by atoms with Crippen LogP contribution in [0.5, 0.6) is 0 Å². The number of rotatable bonds is 5. The Morgan fingerprint density at radius 2 is 1.74 bits per heavy atom. The molecule has 0 aliphatic carbocycles. The number of carbonyl (C=O) groups is 2. The molecule has 2 atom stereocenters.